The number of likely N-dealkylation sites (N-methyl/N-ethyl adjacent to an activating group) is 1. The number of amides is 3. The van der Waals surface area contributed by atoms with Crippen LogP contribution in [0.4, 0.5) is 4.79 Å². The second-order valence-electron chi connectivity index (χ2n) is 7.33. The molecule has 0 aromatic heterocycles. The van der Waals surface area contributed by atoms with E-state index in [0.29, 0.717) is 0 Å². The lowest BCUT2D eigenvalue weighted by molar-refractivity contribution is -0.136. The first-order valence-electron chi connectivity index (χ1n) is 8.24. The van der Waals surface area contributed by atoms with E-state index < -0.39 is 6.04 Å². The summed E-state index contributed by atoms with van der Waals surface area (Å²) < 4.78 is 0. The van der Waals surface area contributed by atoms with Gasteiger partial charge in [0, 0.05) is 31.7 Å². The summed E-state index contributed by atoms with van der Waals surface area (Å²) in [6, 6.07) is -0.762. The maximum atomic E-state index is 12.7. The van der Waals surface area contributed by atoms with Crippen LogP contribution in [0.15, 0.2) is 0 Å². The molecule has 1 saturated heterocycles. The van der Waals surface area contributed by atoms with E-state index >= 15 is 0 Å². The zero-order valence-electron chi connectivity index (χ0n) is 14.9. The van der Waals surface area contributed by atoms with Gasteiger partial charge in [-0.25, -0.2) is 4.79 Å². The number of nitrogens with zero attached hydrogens (tertiary/aromatic N) is 2. The molecule has 6 nitrogen and oxygen atoms in total. The van der Waals surface area contributed by atoms with Crippen LogP contribution in [0.25, 0.3) is 0 Å². The summed E-state index contributed by atoms with van der Waals surface area (Å²) in [5.41, 5.74) is -0.318. The van der Waals surface area contributed by atoms with Gasteiger partial charge >= 0.3 is 6.03 Å². The van der Waals surface area contributed by atoms with Crippen molar-refractivity contribution in [1.29, 1.82) is 0 Å². The fourth-order valence-corrected chi connectivity index (χ4v) is 2.51. The standard InChI is InChI=1S/C16H32N4O2/c1-7-19-8-10-20(11-9-19)14(21)13(12(2)3)17-15(22)18-16(4,5)6/h12-13H,7-11H2,1-6H3,(H2,17,18,22). The van der Waals surface area contributed by atoms with E-state index in [2.05, 4.69) is 22.5 Å². The lowest BCUT2D eigenvalue weighted by Crippen LogP contribution is -2.58. The van der Waals surface area contributed by atoms with Crippen molar-refractivity contribution >= 4 is 11.9 Å². The minimum atomic E-state index is -0.476. The van der Waals surface area contributed by atoms with Crippen LogP contribution in [0.5, 0.6) is 0 Å². The lowest BCUT2D eigenvalue weighted by atomic mass is 10.0. The average molecular weight is 312 g/mol. The third kappa shape index (κ3) is 5.83. The minimum absolute atomic E-state index is 0.0230. The molecule has 3 amide bonds. The predicted octanol–water partition coefficient (Wildman–Crippen LogP) is 1.27. The summed E-state index contributed by atoms with van der Waals surface area (Å²) in [4.78, 5) is 29.0. The van der Waals surface area contributed by atoms with Crippen LogP contribution < -0.4 is 10.6 Å². The Bertz CT molecular complexity index is 382. The molecule has 1 rings (SSSR count). The fourth-order valence-electron chi connectivity index (χ4n) is 2.51. The van der Waals surface area contributed by atoms with Crippen LogP contribution in [0.1, 0.15) is 41.5 Å². The van der Waals surface area contributed by atoms with E-state index in [1.807, 2.05) is 39.5 Å². The van der Waals surface area contributed by atoms with Gasteiger partial charge in [-0.15, -0.1) is 0 Å². The topological polar surface area (TPSA) is 64.7 Å². The van der Waals surface area contributed by atoms with Crippen molar-refractivity contribution in [3.63, 3.8) is 0 Å². The van der Waals surface area contributed by atoms with Crippen molar-refractivity contribution in [3.05, 3.63) is 0 Å². The molecule has 1 aliphatic rings. The highest BCUT2D eigenvalue weighted by Gasteiger charge is 2.31. The molecule has 1 unspecified atom stereocenters. The monoisotopic (exact) mass is 312 g/mol. The number of hydrogen-bond acceptors (Lipinski definition) is 3. The molecule has 0 aliphatic carbocycles. The normalized spacial score (nSPS) is 18.2. The predicted molar refractivity (Wildman–Crippen MR) is 88.7 cm³/mol. The number of carbonyl (C=O) groups excluding carboxylic acids is 2. The number of urea groups is 1. The van der Waals surface area contributed by atoms with Gasteiger partial charge < -0.3 is 20.4 Å². The van der Waals surface area contributed by atoms with Crippen molar-refractivity contribution in [1.82, 2.24) is 20.4 Å². The molecule has 1 atom stereocenters. The molecule has 0 spiro atoms. The lowest BCUT2D eigenvalue weighted by Gasteiger charge is -2.37. The van der Waals surface area contributed by atoms with Gasteiger partial charge in [-0.3, -0.25) is 4.79 Å². The second kappa shape index (κ2) is 7.81. The Morgan fingerprint density at radius 2 is 1.64 bits per heavy atom. The van der Waals surface area contributed by atoms with Crippen LogP contribution in [-0.2, 0) is 4.79 Å². The molecule has 128 valence electrons. The maximum absolute atomic E-state index is 12.7. The second-order valence-corrected chi connectivity index (χ2v) is 7.33. The minimum Gasteiger partial charge on any atom is -0.338 e. The van der Waals surface area contributed by atoms with E-state index in [1.54, 1.807) is 0 Å². The van der Waals surface area contributed by atoms with Gasteiger partial charge in [-0.05, 0) is 33.2 Å². The molecule has 0 saturated carbocycles. The Morgan fingerprint density at radius 1 is 1.09 bits per heavy atom. The van der Waals surface area contributed by atoms with Crippen LogP contribution >= 0.6 is 0 Å². The van der Waals surface area contributed by atoms with Gasteiger partial charge in [-0.2, -0.15) is 0 Å². The maximum Gasteiger partial charge on any atom is 0.315 e. The van der Waals surface area contributed by atoms with Crippen molar-refractivity contribution in [2.75, 3.05) is 32.7 Å². The SMILES string of the molecule is CCN1CCN(C(=O)C(NC(=O)NC(C)(C)C)C(C)C)CC1. The number of rotatable bonds is 4. The van der Waals surface area contributed by atoms with Gasteiger partial charge in [0.1, 0.15) is 6.04 Å². The van der Waals surface area contributed by atoms with E-state index in [9.17, 15) is 9.59 Å². The first-order chi connectivity index (χ1) is 10.1. The van der Waals surface area contributed by atoms with Crippen LogP contribution in [0, 0.1) is 5.92 Å². The Hall–Kier alpha value is -1.30. The van der Waals surface area contributed by atoms with Crippen LogP contribution in [0.3, 0.4) is 0 Å². The molecule has 0 aromatic carbocycles. The summed E-state index contributed by atoms with van der Waals surface area (Å²) >= 11 is 0. The quantitative estimate of drug-likeness (QED) is 0.822. The largest absolute Gasteiger partial charge is 0.338 e. The van der Waals surface area contributed by atoms with Crippen molar-refractivity contribution in [2.24, 2.45) is 5.92 Å². The molecule has 2 N–H and O–H groups in total. The van der Waals surface area contributed by atoms with E-state index in [1.165, 1.54) is 0 Å². The van der Waals surface area contributed by atoms with Crippen molar-refractivity contribution in [3.8, 4) is 0 Å². The summed E-state index contributed by atoms with van der Waals surface area (Å²) in [5.74, 6) is 0.0808. The Labute approximate surface area is 134 Å². The third-order valence-corrected chi connectivity index (χ3v) is 3.84. The summed E-state index contributed by atoms with van der Waals surface area (Å²) in [5, 5.41) is 5.69. The van der Waals surface area contributed by atoms with Crippen LogP contribution in [0.2, 0.25) is 0 Å². The Kier molecular flexibility index (Phi) is 6.66. The number of piperazine rings is 1. The number of hydrogen-bond donors (Lipinski definition) is 2. The van der Waals surface area contributed by atoms with Gasteiger partial charge in [0.15, 0.2) is 0 Å². The number of carbonyl (C=O) groups is 2. The Morgan fingerprint density at radius 3 is 2.05 bits per heavy atom. The van der Waals surface area contributed by atoms with Crippen molar-refractivity contribution in [2.45, 2.75) is 53.1 Å². The first kappa shape index (κ1) is 18.7. The Balaban J connectivity index is 2.63. The van der Waals surface area contributed by atoms with Gasteiger partial charge in [-0.1, -0.05) is 20.8 Å². The molecular weight excluding hydrogens is 280 g/mol. The highest BCUT2D eigenvalue weighted by molar-refractivity contribution is 5.87. The smallest absolute Gasteiger partial charge is 0.315 e. The van der Waals surface area contributed by atoms with E-state index in [0.717, 1.165) is 32.7 Å². The van der Waals surface area contributed by atoms with E-state index in [-0.39, 0.29) is 23.4 Å². The average Bonchev–Trinajstić information content (AvgIpc) is 2.42. The molecule has 6 heteroatoms. The summed E-state index contributed by atoms with van der Waals surface area (Å²) in [6.07, 6.45) is 0. The zero-order valence-corrected chi connectivity index (χ0v) is 14.9. The van der Waals surface area contributed by atoms with Gasteiger partial charge in [0.05, 0.1) is 0 Å². The van der Waals surface area contributed by atoms with E-state index in [4.69, 9.17) is 0 Å². The summed E-state index contributed by atoms with van der Waals surface area (Å²) in [7, 11) is 0. The molecule has 1 heterocycles. The highest BCUT2D eigenvalue weighted by Crippen LogP contribution is 2.10. The van der Waals surface area contributed by atoms with Crippen LogP contribution in [-0.4, -0.2) is 66.0 Å². The third-order valence-electron chi connectivity index (χ3n) is 3.84. The zero-order chi connectivity index (χ0) is 16.9. The first-order valence-corrected chi connectivity index (χ1v) is 8.24. The molecular formula is C16H32N4O2. The van der Waals surface area contributed by atoms with Gasteiger partial charge in [0.25, 0.3) is 0 Å². The molecule has 1 aliphatic heterocycles. The molecule has 1 fully saturated rings. The molecule has 0 radical (unpaired) electrons. The molecule has 0 bridgehead atoms. The fraction of sp³-hybridized carbons (Fsp3) is 0.875. The summed E-state index contributed by atoms with van der Waals surface area (Å²) in [6.45, 7) is 16.1. The number of nitrogens with one attached hydrogen (secondary N) is 2. The molecule has 22 heavy (non-hydrogen) atoms. The molecule has 0 aromatic rings. The van der Waals surface area contributed by atoms with Gasteiger partial charge in [0.2, 0.25) is 5.91 Å². The highest BCUT2D eigenvalue weighted by atomic mass is 16.2. The van der Waals surface area contributed by atoms with Crippen molar-refractivity contribution < 1.29 is 9.59 Å².